The van der Waals surface area contributed by atoms with Crippen molar-refractivity contribution < 1.29 is 14.4 Å². The van der Waals surface area contributed by atoms with Crippen LogP contribution in [0.1, 0.15) is 66.8 Å². The van der Waals surface area contributed by atoms with Gasteiger partial charge in [0.2, 0.25) is 11.8 Å². The Bertz CT molecular complexity index is 1420. The number of likely N-dealkylation sites (tertiary alicyclic amines) is 1. The smallest absolute Gasteiger partial charge is 0.255 e. The molecule has 3 atom stereocenters. The van der Waals surface area contributed by atoms with E-state index >= 15 is 0 Å². The number of halogens is 1. The summed E-state index contributed by atoms with van der Waals surface area (Å²) in [5, 5.41) is 3.16. The number of carbonyl (C=O) groups is 3. The third kappa shape index (κ3) is 5.35. The summed E-state index contributed by atoms with van der Waals surface area (Å²) in [4.78, 5) is 49.5. The summed E-state index contributed by atoms with van der Waals surface area (Å²) < 4.78 is 1.07. The largest absolute Gasteiger partial charge is 0.348 e. The minimum atomic E-state index is -0.612. The van der Waals surface area contributed by atoms with E-state index in [4.69, 9.17) is 0 Å². The number of aryl methyl sites for hydroxylation is 1. The van der Waals surface area contributed by atoms with Crippen molar-refractivity contribution >= 4 is 51.6 Å². The van der Waals surface area contributed by atoms with Crippen LogP contribution in [0.4, 0.5) is 0 Å². The van der Waals surface area contributed by atoms with Gasteiger partial charge in [-0.1, -0.05) is 44.2 Å². The van der Waals surface area contributed by atoms with Crippen molar-refractivity contribution in [2.24, 2.45) is 5.92 Å². The van der Waals surface area contributed by atoms with Gasteiger partial charge < -0.3 is 15.1 Å². The maximum Gasteiger partial charge on any atom is 0.255 e. The third-order valence-corrected chi connectivity index (χ3v) is 9.65. The molecule has 3 heterocycles. The molecule has 2 aromatic carbocycles. The molecule has 7 nitrogen and oxygen atoms in total. The van der Waals surface area contributed by atoms with Crippen molar-refractivity contribution in [3.63, 3.8) is 0 Å². The number of nitrogens with one attached hydrogen (secondary N) is 1. The maximum atomic E-state index is 13.9. The molecule has 0 bridgehead atoms. The molecule has 1 fully saturated rings. The molecule has 2 aliphatic heterocycles. The summed E-state index contributed by atoms with van der Waals surface area (Å²) in [6, 6.07) is 12.4. The van der Waals surface area contributed by atoms with E-state index in [1.54, 1.807) is 21.1 Å². The number of rotatable bonds is 7. The highest BCUT2D eigenvalue weighted by atomic mass is 127. The first-order valence-corrected chi connectivity index (χ1v) is 15.3. The topological polar surface area (TPSA) is 82.6 Å². The first-order chi connectivity index (χ1) is 18.7. The van der Waals surface area contributed by atoms with Crippen LogP contribution in [-0.2, 0) is 16.1 Å². The molecule has 9 heteroatoms. The molecule has 0 spiro atoms. The molecule has 0 aliphatic carbocycles. The van der Waals surface area contributed by atoms with Crippen molar-refractivity contribution in [1.29, 1.82) is 0 Å². The maximum absolute atomic E-state index is 13.9. The number of amides is 3. The van der Waals surface area contributed by atoms with Gasteiger partial charge in [0.15, 0.2) is 0 Å². The predicted octanol–water partition coefficient (Wildman–Crippen LogP) is 5.57. The Morgan fingerprint density at radius 3 is 2.59 bits per heavy atom. The molecule has 1 saturated heterocycles. The van der Waals surface area contributed by atoms with E-state index in [0.717, 1.165) is 37.3 Å². The molecule has 1 unspecified atom stereocenters. The van der Waals surface area contributed by atoms with Gasteiger partial charge in [-0.15, -0.1) is 11.3 Å². The van der Waals surface area contributed by atoms with Gasteiger partial charge in [0.25, 0.3) is 5.91 Å². The highest BCUT2D eigenvalue weighted by molar-refractivity contribution is 14.1. The van der Waals surface area contributed by atoms with Gasteiger partial charge in [-0.05, 0) is 84.0 Å². The Morgan fingerprint density at radius 1 is 1.15 bits per heavy atom. The second-order valence-corrected chi connectivity index (χ2v) is 12.7. The number of hydrogen-bond acceptors (Lipinski definition) is 5. The van der Waals surface area contributed by atoms with Crippen molar-refractivity contribution in [2.45, 2.75) is 65.2 Å². The molecule has 0 saturated carbocycles. The van der Waals surface area contributed by atoms with Gasteiger partial charge in [0.05, 0.1) is 22.1 Å². The van der Waals surface area contributed by atoms with Crippen LogP contribution in [-0.4, -0.2) is 51.1 Å². The number of nitrogens with zero attached hydrogens (tertiary/aromatic N) is 3. The van der Waals surface area contributed by atoms with Crippen molar-refractivity contribution in [1.82, 2.24) is 20.1 Å². The zero-order chi connectivity index (χ0) is 27.8. The SMILES string of the molecule is Cc1ncsc1-c1ccc([C@H](C)NC(=O)C2CCCN2C(=O)[C@H](C(C)C)N2Cc3ccccc3C2=O)c(I)c1. The summed E-state index contributed by atoms with van der Waals surface area (Å²) in [7, 11) is 0. The Morgan fingerprint density at radius 2 is 1.92 bits per heavy atom. The van der Waals surface area contributed by atoms with Crippen LogP contribution in [0.15, 0.2) is 48.0 Å². The number of hydrogen-bond donors (Lipinski definition) is 1. The fraction of sp³-hybridized carbons (Fsp3) is 0.400. The molecule has 204 valence electrons. The second-order valence-electron chi connectivity index (χ2n) is 10.7. The molecule has 39 heavy (non-hydrogen) atoms. The van der Waals surface area contributed by atoms with E-state index in [-0.39, 0.29) is 29.7 Å². The van der Waals surface area contributed by atoms with E-state index < -0.39 is 12.1 Å². The van der Waals surface area contributed by atoms with Gasteiger partial charge in [0, 0.05) is 22.2 Å². The number of aromatic nitrogens is 1. The van der Waals surface area contributed by atoms with Crippen LogP contribution in [0.3, 0.4) is 0 Å². The molecule has 3 aromatic rings. The van der Waals surface area contributed by atoms with E-state index in [0.29, 0.717) is 25.1 Å². The molecular formula is C30H33IN4O3S. The highest BCUT2D eigenvalue weighted by Crippen LogP contribution is 2.32. The molecule has 3 amide bonds. The van der Waals surface area contributed by atoms with Crippen LogP contribution in [0, 0.1) is 16.4 Å². The zero-order valence-corrected chi connectivity index (χ0v) is 25.6. The van der Waals surface area contributed by atoms with Crippen LogP contribution in [0.5, 0.6) is 0 Å². The van der Waals surface area contributed by atoms with Gasteiger partial charge in [-0.2, -0.15) is 0 Å². The summed E-state index contributed by atoms with van der Waals surface area (Å²) in [5.74, 6) is -0.486. The van der Waals surface area contributed by atoms with Gasteiger partial charge in [-0.25, -0.2) is 4.98 Å². The fourth-order valence-corrected chi connectivity index (χ4v) is 7.52. The fourth-order valence-electron chi connectivity index (χ4n) is 5.74. The Balaban J connectivity index is 1.30. The van der Waals surface area contributed by atoms with Crippen LogP contribution in [0.2, 0.25) is 0 Å². The van der Waals surface area contributed by atoms with Gasteiger partial charge >= 0.3 is 0 Å². The lowest BCUT2D eigenvalue weighted by molar-refractivity contribution is -0.143. The number of fused-ring (bicyclic) bond motifs is 1. The summed E-state index contributed by atoms with van der Waals surface area (Å²) in [6.07, 6.45) is 1.38. The standard InChI is InChI=1S/C30H33IN4O3S/c1-17(2)26(35-15-21-8-5-6-9-23(21)29(35)37)30(38)34-13-7-10-25(34)28(36)33-18(3)22-12-11-20(14-24(22)31)27-19(4)32-16-39-27/h5-6,8-9,11-12,14,16-18,25-26H,7,10,13,15H2,1-4H3,(H,33,36)/t18-,25?,26-/m0/s1. The minimum absolute atomic E-state index is 0.0822. The first kappa shape index (κ1) is 27.8. The minimum Gasteiger partial charge on any atom is -0.348 e. The van der Waals surface area contributed by atoms with Gasteiger partial charge in [-0.3, -0.25) is 14.4 Å². The second kappa shape index (κ2) is 11.4. The predicted molar refractivity (Wildman–Crippen MR) is 161 cm³/mol. The molecular weight excluding hydrogens is 623 g/mol. The lowest BCUT2D eigenvalue weighted by Gasteiger charge is -2.35. The van der Waals surface area contributed by atoms with E-state index in [1.807, 2.05) is 57.5 Å². The van der Waals surface area contributed by atoms with E-state index in [1.165, 1.54) is 0 Å². The summed E-state index contributed by atoms with van der Waals surface area (Å²) in [6.45, 7) is 8.85. The summed E-state index contributed by atoms with van der Waals surface area (Å²) in [5.41, 5.74) is 6.61. The van der Waals surface area contributed by atoms with Gasteiger partial charge in [0.1, 0.15) is 12.1 Å². The van der Waals surface area contributed by atoms with Crippen molar-refractivity contribution in [3.05, 3.63) is 73.9 Å². The lowest BCUT2D eigenvalue weighted by atomic mass is 10.00. The lowest BCUT2D eigenvalue weighted by Crippen LogP contribution is -2.55. The zero-order valence-electron chi connectivity index (χ0n) is 22.6. The van der Waals surface area contributed by atoms with Crippen LogP contribution < -0.4 is 5.32 Å². The molecule has 1 aromatic heterocycles. The molecule has 1 N–H and O–H groups in total. The highest BCUT2D eigenvalue weighted by Gasteiger charge is 2.44. The molecule has 5 rings (SSSR count). The Kier molecular flexibility index (Phi) is 8.09. The average Bonchev–Trinajstić information content (AvgIpc) is 3.63. The third-order valence-electron chi connectivity index (χ3n) is 7.74. The van der Waals surface area contributed by atoms with Crippen molar-refractivity contribution in [3.8, 4) is 10.4 Å². The summed E-state index contributed by atoms with van der Waals surface area (Å²) >= 11 is 3.94. The monoisotopic (exact) mass is 656 g/mol. The van der Waals surface area contributed by atoms with Crippen molar-refractivity contribution in [2.75, 3.05) is 6.54 Å². The first-order valence-electron chi connectivity index (χ1n) is 13.4. The molecule has 0 radical (unpaired) electrons. The number of carbonyl (C=O) groups excluding carboxylic acids is 3. The number of benzene rings is 2. The average molecular weight is 657 g/mol. The van der Waals surface area contributed by atoms with E-state index in [9.17, 15) is 14.4 Å². The van der Waals surface area contributed by atoms with Crippen LogP contribution in [0.25, 0.3) is 10.4 Å². The van der Waals surface area contributed by atoms with Crippen LogP contribution >= 0.6 is 33.9 Å². The Labute approximate surface area is 247 Å². The Hall–Kier alpha value is -2.79. The quantitative estimate of drug-likeness (QED) is 0.338. The normalized spacial score (nSPS) is 18.4. The molecule has 2 aliphatic rings. The van der Waals surface area contributed by atoms with E-state index in [2.05, 4.69) is 51.1 Å². The number of thiazole rings is 1.